The summed E-state index contributed by atoms with van der Waals surface area (Å²) in [6, 6.07) is 6.10. The Morgan fingerprint density at radius 3 is 2.33 bits per heavy atom. The topological polar surface area (TPSA) is 74.4 Å². The molecule has 2 aromatic rings. The van der Waals surface area contributed by atoms with Gasteiger partial charge in [-0.3, -0.25) is 4.79 Å². The molecule has 0 spiro atoms. The normalized spacial score (nSPS) is 12.1. The maximum Gasteiger partial charge on any atom is 0.407 e. The van der Waals surface area contributed by atoms with Crippen LogP contribution in [0.25, 0.3) is 10.9 Å². The number of nitrogens with one attached hydrogen (secondary N) is 2. The van der Waals surface area contributed by atoms with Gasteiger partial charge in [0.05, 0.1) is 10.0 Å². The molecular weight excluding hydrogens is 446 g/mol. The summed E-state index contributed by atoms with van der Waals surface area (Å²) in [4.78, 5) is 30.2. The molecule has 0 bridgehead atoms. The Kier molecular flexibility index (Phi) is 7.61. The molecule has 0 atom stereocenters. The Balaban J connectivity index is 2.25. The van der Waals surface area contributed by atoms with Crippen molar-refractivity contribution < 1.29 is 14.3 Å². The number of amides is 2. The first-order chi connectivity index (χ1) is 13.9. The van der Waals surface area contributed by atoms with E-state index in [0.717, 1.165) is 26.6 Å². The average molecular weight is 480 g/mol. The highest BCUT2D eigenvalue weighted by Gasteiger charge is 2.33. The molecule has 2 N–H and O–H groups in total. The molecule has 166 valence electrons. The van der Waals surface area contributed by atoms with Gasteiger partial charge in [-0.2, -0.15) is 0 Å². The Hall–Kier alpha value is -2.02. The molecular formula is C23H34BrN3O3. The Morgan fingerprint density at radius 1 is 1.13 bits per heavy atom. The summed E-state index contributed by atoms with van der Waals surface area (Å²) in [6.45, 7) is 15.3. The summed E-state index contributed by atoms with van der Waals surface area (Å²) in [5.74, 6) is 0.120. The molecule has 0 aliphatic heterocycles. The first-order valence-corrected chi connectivity index (χ1v) is 11.3. The van der Waals surface area contributed by atoms with Crippen molar-refractivity contribution in [1.82, 2.24) is 15.2 Å². The van der Waals surface area contributed by atoms with Gasteiger partial charge >= 0.3 is 6.09 Å². The highest BCUT2D eigenvalue weighted by atomic mass is 79.9. The molecule has 0 unspecified atom stereocenters. The minimum atomic E-state index is -0.629. The smallest absolute Gasteiger partial charge is 0.407 e. The van der Waals surface area contributed by atoms with Crippen molar-refractivity contribution in [3.8, 4) is 0 Å². The second kappa shape index (κ2) is 9.41. The summed E-state index contributed by atoms with van der Waals surface area (Å²) in [6.07, 6.45) is 0.207. The number of H-pyrrole nitrogens is 1. The lowest BCUT2D eigenvalue weighted by Gasteiger charge is -2.31. The fourth-order valence-electron chi connectivity index (χ4n) is 3.48. The van der Waals surface area contributed by atoms with Crippen LogP contribution in [0.1, 0.15) is 59.6 Å². The summed E-state index contributed by atoms with van der Waals surface area (Å²) < 4.78 is 6.18. The first kappa shape index (κ1) is 24.3. The van der Waals surface area contributed by atoms with Gasteiger partial charge in [-0.15, -0.1) is 0 Å². The number of hydrogen-bond acceptors (Lipinski definition) is 3. The number of hydrogen-bond donors (Lipinski definition) is 2. The lowest BCUT2D eigenvalue weighted by atomic mass is 9.82. The number of benzene rings is 1. The number of ether oxygens (including phenoxy) is 1. The van der Waals surface area contributed by atoms with Crippen molar-refractivity contribution in [2.45, 2.75) is 65.9 Å². The quantitative estimate of drug-likeness (QED) is 0.576. The number of nitrogens with zero attached hydrogens (tertiary/aromatic N) is 1. The highest BCUT2D eigenvalue weighted by Crippen LogP contribution is 2.33. The van der Waals surface area contributed by atoms with E-state index in [9.17, 15) is 9.59 Å². The zero-order valence-electron chi connectivity index (χ0n) is 19.1. The van der Waals surface area contributed by atoms with E-state index in [0.29, 0.717) is 26.1 Å². The highest BCUT2D eigenvalue weighted by molar-refractivity contribution is 9.10. The molecule has 7 heteroatoms. The molecule has 0 saturated heterocycles. The third-order valence-electron chi connectivity index (χ3n) is 5.20. The molecule has 2 rings (SSSR count). The number of halogens is 1. The van der Waals surface area contributed by atoms with Crippen LogP contribution >= 0.6 is 15.9 Å². The van der Waals surface area contributed by atoms with Crippen molar-refractivity contribution in [3.05, 3.63) is 33.9 Å². The van der Waals surface area contributed by atoms with Crippen molar-refractivity contribution >= 4 is 38.8 Å². The van der Waals surface area contributed by atoms with Gasteiger partial charge in [0.2, 0.25) is 5.91 Å². The van der Waals surface area contributed by atoms with Crippen LogP contribution in [-0.2, 0) is 21.4 Å². The molecule has 0 aliphatic rings. The van der Waals surface area contributed by atoms with Crippen LogP contribution in [0.4, 0.5) is 4.79 Å². The third kappa shape index (κ3) is 5.56. The fourth-order valence-corrected chi connectivity index (χ4v) is 4.11. The number of likely N-dealkylation sites (N-methyl/N-ethyl adjacent to an activating group) is 1. The molecule has 1 heterocycles. The minimum absolute atomic E-state index is 0.120. The zero-order valence-corrected chi connectivity index (χ0v) is 20.7. The summed E-state index contributed by atoms with van der Waals surface area (Å²) in [5, 5.41) is 3.85. The zero-order chi connectivity index (χ0) is 22.7. The van der Waals surface area contributed by atoms with Crippen LogP contribution in [0.5, 0.6) is 0 Å². The van der Waals surface area contributed by atoms with Crippen LogP contribution in [0.2, 0.25) is 0 Å². The van der Waals surface area contributed by atoms with E-state index in [1.807, 2.05) is 65.5 Å². The fraction of sp³-hybridized carbons (Fsp3) is 0.565. The maximum atomic E-state index is 13.1. The third-order valence-corrected chi connectivity index (χ3v) is 5.88. The van der Waals surface area contributed by atoms with Gasteiger partial charge in [-0.1, -0.05) is 6.07 Å². The molecule has 30 heavy (non-hydrogen) atoms. The number of alkyl carbamates (subject to hydrolysis) is 1. The van der Waals surface area contributed by atoms with Crippen LogP contribution in [-0.4, -0.2) is 47.1 Å². The molecule has 0 radical (unpaired) electrons. The van der Waals surface area contributed by atoms with E-state index in [1.54, 1.807) is 0 Å². The van der Waals surface area contributed by atoms with Gasteiger partial charge in [-0.25, -0.2) is 4.79 Å². The standard InChI is InChI=1S/C23H34BrN3O3/c1-8-27(9-2)20(28)23(6,7)15-10-11-18-17(14-15)16(19(24)26-18)12-13-25-21(29)30-22(3,4)5/h10-11,14,26H,8-9,12-13H2,1-7H3,(H,25,29). The van der Waals surface area contributed by atoms with E-state index in [4.69, 9.17) is 4.74 Å². The van der Waals surface area contributed by atoms with Crippen LogP contribution in [0.15, 0.2) is 22.8 Å². The number of carbonyl (C=O) groups excluding carboxylic acids is 2. The van der Waals surface area contributed by atoms with Gasteiger partial charge in [0.15, 0.2) is 0 Å². The molecule has 1 aromatic carbocycles. The van der Waals surface area contributed by atoms with E-state index in [-0.39, 0.29) is 5.91 Å². The summed E-state index contributed by atoms with van der Waals surface area (Å²) in [7, 11) is 0. The van der Waals surface area contributed by atoms with Gasteiger partial charge in [-0.05, 0) is 94.1 Å². The lowest BCUT2D eigenvalue weighted by Crippen LogP contribution is -2.43. The SMILES string of the molecule is CCN(CC)C(=O)C(C)(C)c1ccc2[nH]c(Br)c(CCNC(=O)OC(C)(C)C)c2c1. The van der Waals surface area contributed by atoms with Crippen molar-refractivity contribution in [3.63, 3.8) is 0 Å². The second-order valence-electron chi connectivity index (χ2n) is 8.96. The number of carbonyl (C=O) groups is 2. The number of aromatic nitrogens is 1. The molecule has 0 fully saturated rings. The predicted octanol–water partition coefficient (Wildman–Crippen LogP) is 5.14. The maximum absolute atomic E-state index is 13.1. The van der Waals surface area contributed by atoms with E-state index in [2.05, 4.69) is 32.3 Å². The Morgan fingerprint density at radius 2 is 1.77 bits per heavy atom. The second-order valence-corrected chi connectivity index (χ2v) is 9.75. The number of aromatic amines is 1. The first-order valence-electron chi connectivity index (χ1n) is 10.5. The van der Waals surface area contributed by atoms with Gasteiger partial charge < -0.3 is 19.9 Å². The van der Waals surface area contributed by atoms with E-state index < -0.39 is 17.1 Å². The minimum Gasteiger partial charge on any atom is -0.444 e. The molecule has 0 saturated carbocycles. The monoisotopic (exact) mass is 479 g/mol. The molecule has 2 amide bonds. The van der Waals surface area contributed by atoms with E-state index >= 15 is 0 Å². The van der Waals surface area contributed by atoms with Crippen LogP contribution in [0, 0.1) is 0 Å². The van der Waals surface area contributed by atoms with Crippen molar-refractivity contribution in [2.75, 3.05) is 19.6 Å². The van der Waals surface area contributed by atoms with Gasteiger partial charge in [0.25, 0.3) is 0 Å². The Bertz CT molecular complexity index is 908. The number of fused-ring (bicyclic) bond motifs is 1. The summed E-state index contributed by atoms with van der Waals surface area (Å²) in [5.41, 5.74) is 1.87. The largest absolute Gasteiger partial charge is 0.444 e. The summed E-state index contributed by atoms with van der Waals surface area (Å²) >= 11 is 3.60. The van der Waals surface area contributed by atoms with Crippen molar-refractivity contribution in [1.29, 1.82) is 0 Å². The average Bonchev–Trinajstić information content (AvgIpc) is 2.96. The van der Waals surface area contributed by atoms with E-state index in [1.165, 1.54) is 0 Å². The number of rotatable bonds is 7. The molecule has 0 aliphatic carbocycles. The lowest BCUT2D eigenvalue weighted by molar-refractivity contribution is -0.135. The predicted molar refractivity (Wildman–Crippen MR) is 125 cm³/mol. The van der Waals surface area contributed by atoms with Crippen LogP contribution < -0.4 is 5.32 Å². The Labute approximate surface area is 187 Å². The van der Waals surface area contributed by atoms with Gasteiger partial charge in [0, 0.05) is 30.5 Å². The van der Waals surface area contributed by atoms with Crippen molar-refractivity contribution in [2.24, 2.45) is 0 Å². The van der Waals surface area contributed by atoms with Gasteiger partial charge in [0.1, 0.15) is 5.60 Å². The van der Waals surface area contributed by atoms with Crippen LogP contribution in [0.3, 0.4) is 0 Å². The molecule has 1 aromatic heterocycles. The molecule has 6 nitrogen and oxygen atoms in total.